The number of carbonyl (C=O) groups is 2. The maximum Gasteiger partial charge on any atom is 0.306 e. The molecule has 4 nitrogen and oxygen atoms in total. The highest BCUT2D eigenvalue weighted by Crippen LogP contribution is 2.13. The molecule has 0 saturated carbocycles. The van der Waals surface area contributed by atoms with Gasteiger partial charge >= 0.3 is 11.9 Å². The van der Waals surface area contributed by atoms with Crippen LogP contribution in [0.2, 0.25) is 0 Å². The lowest BCUT2D eigenvalue weighted by Gasteiger charge is -2.21. The number of esters is 2. The Bertz CT molecular complexity index is 775. The first-order chi connectivity index (χ1) is 21.5. The molecular weight excluding hydrogens is 544 g/mol. The van der Waals surface area contributed by atoms with E-state index in [-0.39, 0.29) is 11.9 Å². The Labute approximate surface area is 271 Å². The van der Waals surface area contributed by atoms with E-state index in [0.29, 0.717) is 12.8 Å². The number of ether oxygens (including phenoxy) is 2. The second kappa shape index (κ2) is 33.3. The third-order valence-electron chi connectivity index (χ3n) is 7.36. The average Bonchev–Trinajstić information content (AvgIpc) is 3.00. The normalized spacial score (nSPS) is 13.8. The van der Waals surface area contributed by atoms with Crippen LogP contribution in [0.4, 0.5) is 0 Å². The van der Waals surface area contributed by atoms with E-state index in [1.807, 2.05) is 0 Å². The summed E-state index contributed by atoms with van der Waals surface area (Å²) in [6, 6.07) is 0. The van der Waals surface area contributed by atoms with Crippen LogP contribution in [-0.4, -0.2) is 24.1 Å². The van der Waals surface area contributed by atoms with Crippen molar-refractivity contribution in [1.82, 2.24) is 0 Å². The minimum atomic E-state index is -0.428. The first kappa shape index (κ1) is 41.4. The fourth-order valence-corrected chi connectivity index (χ4v) is 4.50. The Kier molecular flexibility index (Phi) is 31.3. The molecule has 2 atom stereocenters. The topological polar surface area (TPSA) is 52.6 Å². The van der Waals surface area contributed by atoms with Crippen LogP contribution in [0.1, 0.15) is 156 Å². The van der Waals surface area contributed by atoms with Crippen LogP contribution in [0.15, 0.2) is 72.9 Å². The molecule has 0 radical (unpaired) electrons. The number of unbranched alkanes of at least 4 members (excludes halogenated alkanes) is 10. The average molecular weight is 611 g/mol. The van der Waals surface area contributed by atoms with E-state index >= 15 is 0 Å². The molecule has 0 rings (SSSR count). The first-order valence-corrected chi connectivity index (χ1v) is 17.8. The van der Waals surface area contributed by atoms with Crippen molar-refractivity contribution in [1.29, 1.82) is 0 Å². The summed E-state index contributed by atoms with van der Waals surface area (Å²) in [4.78, 5) is 24.4. The fourth-order valence-electron chi connectivity index (χ4n) is 4.50. The van der Waals surface area contributed by atoms with E-state index in [0.717, 1.165) is 89.9 Å². The molecule has 0 aromatic heterocycles. The van der Waals surface area contributed by atoms with Gasteiger partial charge < -0.3 is 9.47 Å². The molecule has 0 saturated heterocycles. The van der Waals surface area contributed by atoms with E-state index in [1.165, 1.54) is 25.7 Å². The van der Waals surface area contributed by atoms with Crippen LogP contribution in [0.25, 0.3) is 0 Å². The molecule has 0 fully saturated rings. The number of carbonyl (C=O) groups excluding carboxylic acids is 2. The van der Waals surface area contributed by atoms with Crippen LogP contribution in [0.3, 0.4) is 0 Å². The van der Waals surface area contributed by atoms with Crippen LogP contribution in [-0.2, 0) is 19.1 Å². The van der Waals surface area contributed by atoms with Crippen LogP contribution >= 0.6 is 0 Å². The van der Waals surface area contributed by atoms with Crippen molar-refractivity contribution in [2.45, 2.75) is 168 Å². The van der Waals surface area contributed by atoms with E-state index in [4.69, 9.17) is 9.47 Å². The van der Waals surface area contributed by atoms with Gasteiger partial charge in [-0.2, -0.15) is 0 Å². The lowest BCUT2D eigenvalue weighted by atomic mass is 10.1. The third-order valence-corrected chi connectivity index (χ3v) is 7.36. The van der Waals surface area contributed by atoms with Gasteiger partial charge in [0.05, 0.1) is 0 Å². The van der Waals surface area contributed by atoms with Crippen molar-refractivity contribution in [3.8, 4) is 0 Å². The Balaban J connectivity index is 3.68. The molecule has 2 unspecified atom stereocenters. The van der Waals surface area contributed by atoms with Crippen LogP contribution < -0.4 is 0 Å². The Morgan fingerprint density at radius 2 is 0.727 bits per heavy atom. The van der Waals surface area contributed by atoms with Gasteiger partial charge in [-0.25, -0.2) is 0 Å². The molecule has 44 heavy (non-hydrogen) atoms. The van der Waals surface area contributed by atoms with Crippen molar-refractivity contribution in [3.05, 3.63) is 72.9 Å². The van der Waals surface area contributed by atoms with Gasteiger partial charge in [0.15, 0.2) is 0 Å². The SMILES string of the molecule is CC/C=C/C/C=C/C/C=C/CCCCCCCC(=O)OC(C)C(C)OC(=O)CCCCCCC/C=C/C/C=C/C/C=C/CC. The standard InChI is InChI=1S/C40H66O4/c1-5-7-9-11-13-15-17-19-21-23-25-27-29-31-33-35-39(41)43-37(3)38(4)44-40(42)36-34-32-30-28-26-24-22-20-18-16-14-12-10-8-6-2/h7-10,13-16,19-22,37-38H,5-6,11-12,17-18,23-36H2,1-4H3/b9-7+,10-8+,15-13+,16-14+,21-19+,22-20+. The van der Waals surface area contributed by atoms with E-state index in [1.54, 1.807) is 13.8 Å². The van der Waals surface area contributed by atoms with Gasteiger partial charge in [-0.1, -0.05) is 125 Å². The Morgan fingerprint density at radius 1 is 0.432 bits per heavy atom. The minimum absolute atomic E-state index is 0.201. The second-order valence-corrected chi connectivity index (χ2v) is 11.6. The summed E-state index contributed by atoms with van der Waals surface area (Å²) >= 11 is 0. The Morgan fingerprint density at radius 3 is 1.09 bits per heavy atom. The molecule has 0 aliphatic heterocycles. The maximum absolute atomic E-state index is 12.2. The van der Waals surface area contributed by atoms with Crippen molar-refractivity contribution in [2.75, 3.05) is 0 Å². The molecule has 0 spiro atoms. The lowest BCUT2D eigenvalue weighted by molar-refractivity contribution is -0.165. The van der Waals surface area contributed by atoms with Crippen molar-refractivity contribution >= 4 is 11.9 Å². The summed E-state index contributed by atoms with van der Waals surface area (Å²) < 4.78 is 11.0. The fraction of sp³-hybridized carbons (Fsp3) is 0.650. The van der Waals surface area contributed by atoms with E-state index in [9.17, 15) is 9.59 Å². The molecule has 0 aromatic rings. The summed E-state index contributed by atoms with van der Waals surface area (Å²) in [6.07, 6.45) is 46.0. The van der Waals surface area contributed by atoms with Gasteiger partial charge in [0.1, 0.15) is 12.2 Å². The number of hydrogen-bond acceptors (Lipinski definition) is 4. The molecule has 250 valence electrons. The van der Waals surface area contributed by atoms with Gasteiger partial charge in [-0.15, -0.1) is 0 Å². The lowest BCUT2D eigenvalue weighted by Crippen LogP contribution is -2.30. The third kappa shape index (κ3) is 30.8. The maximum atomic E-state index is 12.2. The molecule has 0 aliphatic rings. The van der Waals surface area contributed by atoms with Gasteiger partial charge in [-0.3, -0.25) is 9.59 Å². The summed E-state index contributed by atoms with van der Waals surface area (Å²) in [6.45, 7) is 7.91. The Hall–Kier alpha value is -2.62. The molecule has 0 aromatic carbocycles. The molecule has 0 bridgehead atoms. The van der Waals surface area contributed by atoms with Gasteiger partial charge in [0, 0.05) is 12.8 Å². The van der Waals surface area contributed by atoms with Crippen molar-refractivity contribution in [2.24, 2.45) is 0 Å². The van der Waals surface area contributed by atoms with Crippen molar-refractivity contribution in [3.63, 3.8) is 0 Å². The molecule has 0 N–H and O–H groups in total. The zero-order valence-corrected chi connectivity index (χ0v) is 28.9. The highest BCUT2D eigenvalue weighted by molar-refractivity contribution is 5.70. The molecular formula is C40H66O4. The van der Waals surface area contributed by atoms with E-state index < -0.39 is 12.2 Å². The van der Waals surface area contributed by atoms with E-state index in [2.05, 4.69) is 86.8 Å². The predicted octanol–water partition coefficient (Wildman–Crippen LogP) is 12.0. The monoisotopic (exact) mass is 610 g/mol. The smallest absolute Gasteiger partial charge is 0.306 e. The highest BCUT2D eigenvalue weighted by Gasteiger charge is 2.20. The zero-order valence-electron chi connectivity index (χ0n) is 28.9. The van der Waals surface area contributed by atoms with Gasteiger partial charge in [0.25, 0.3) is 0 Å². The molecule has 4 heteroatoms. The minimum Gasteiger partial charge on any atom is -0.459 e. The summed E-state index contributed by atoms with van der Waals surface area (Å²) in [5.74, 6) is -0.402. The zero-order chi connectivity index (χ0) is 32.4. The van der Waals surface area contributed by atoms with Gasteiger partial charge in [0.2, 0.25) is 0 Å². The summed E-state index contributed by atoms with van der Waals surface area (Å²) in [7, 11) is 0. The quantitative estimate of drug-likeness (QED) is 0.0480. The van der Waals surface area contributed by atoms with Crippen LogP contribution in [0, 0.1) is 0 Å². The summed E-state index contributed by atoms with van der Waals surface area (Å²) in [5.41, 5.74) is 0. The molecule has 0 heterocycles. The number of hydrogen-bond donors (Lipinski definition) is 0. The summed E-state index contributed by atoms with van der Waals surface area (Å²) in [5, 5.41) is 0. The first-order valence-electron chi connectivity index (χ1n) is 17.8. The number of rotatable bonds is 29. The highest BCUT2D eigenvalue weighted by atomic mass is 16.6. The van der Waals surface area contributed by atoms with Crippen molar-refractivity contribution < 1.29 is 19.1 Å². The number of allylic oxidation sites excluding steroid dienone is 12. The second-order valence-electron chi connectivity index (χ2n) is 11.6. The predicted molar refractivity (Wildman–Crippen MR) is 190 cm³/mol. The van der Waals surface area contributed by atoms with Crippen LogP contribution in [0.5, 0.6) is 0 Å². The van der Waals surface area contributed by atoms with Gasteiger partial charge in [-0.05, 0) is 90.9 Å². The molecule has 0 amide bonds. The largest absolute Gasteiger partial charge is 0.459 e. The molecule has 0 aliphatic carbocycles.